The van der Waals surface area contributed by atoms with E-state index in [9.17, 15) is 4.79 Å². The number of morpholine rings is 1. The highest BCUT2D eigenvalue weighted by Crippen LogP contribution is 2.28. The van der Waals surface area contributed by atoms with Crippen LogP contribution < -0.4 is 10.2 Å². The third-order valence-corrected chi connectivity index (χ3v) is 5.32. The summed E-state index contributed by atoms with van der Waals surface area (Å²) in [5.74, 6) is 0.973. The fourth-order valence-electron chi connectivity index (χ4n) is 3.72. The molecule has 8 nitrogen and oxygen atoms in total. The van der Waals surface area contributed by atoms with Crippen LogP contribution in [0.15, 0.2) is 42.5 Å². The first-order chi connectivity index (χ1) is 14.2. The molecule has 2 aromatic heterocycles. The van der Waals surface area contributed by atoms with Gasteiger partial charge >= 0.3 is 0 Å². The standard InChI is InChI=1S/C21H22N6O2/c1-13(14-5-3-2-4-6-14)22-21(28)19-23-17-11-15-16(12-18(17)24-19)25-26-20(15)27-7-9-29-10-8-27/h2-6,11-13H,7-10H2,1H3,(H,22,28)(H,23,24)(H,25,26). The normalized spacial score (nSPS) is 15.7. The van der Waals surface area contributed by atoms with Crippen LogP contribution >= 0.6 is 0 Å². The highest BCUT2D eigenvalue weighted by Gasteiger charge is 2.19. The van der Waals surface area contributed by atoms with Gasteiger partial charge in [0.15, 0.2) is 11.6 Å². The number of anilines is 1. The Labute approximate surface area is 167 Å². The third-order valence-electron chi connectivity index (χ3n) is 5.32. The number of hydrogen-bond donors (Lipinski definition) is 3. The van der Waals surface area contributed by atoms with E-state index in [1.807, 2.05) is 49.4 Å². The Morgan fingerprint density at radius 2 is 1.97 bits per heavy atom. The Morgan fingerprint density at radius 1 is 1.17 bits per heavy atom. The molecule has 8 heteroatoms. The van der Waals surface area contributed by atoms with Gasteiger partial charge in [0.25, 0.3) is 5.91 Å². The zero-order valence-electron chi connectivity index (χ0n) is 16.1. The SMILES string of the molecule is CC(NC(=O)c1nc2cc3c(N4CCOCC4)n[nH]c3cc2[nH]1)c1ccccc1. The average molecular weight is 390 g/mol. The number of H-pyrrole nitrogens is 2. The first-order valence-corrected chi connectivity index (χ1v) is 9.75. The van der Waals surface area contributed by atoms with E-state index >= 15 is 0 Å². The van der Waals surface area contributed by atoms with Crippen molar-refractivity contribution in [3.05, 3.63) is 53.9 Å². The van der Waals surface area contributed by atoms with E-state index in [1.165, 1.54) is 0 Å². The van der Waals surface area contributed by atoms with Crippen molar-refractivity contribution in [1.29, 1.82) is 0 Å². The van der Waals surface area contributed by atoms with Crippen LogP contribution in [0, 0.1) is 0 Å². The molecule has 5 rings (SSSR count). The molecule has 1 amide bonds. The molecule has 1 aliphatic rings. The molecule has 1 atom stereocenters. The summed E-state index contributed by atoms with van der Waals surface area (Å²) in [6.07, 6.45) is 0. The summed E-state index contributed by atoms with van der Waals surface area (Å²) in [7, 11) is 0. The van der Waals surface area contributed by atoms with E-state index in [-0.39, 0.29) is 11.9 Å². The van der Waals surface area contributed by atoms with E-state index < -0.39 is 0 Å². The fraction of sp³-hybridized carbons (Fsp3) is 0.286. The number of amides is 1. The van der Waals surface area contributed by atoms with Crippen LogP contribution in [0.4, 0.5) is 5.82 Å². The van der Waals surface area contributed by atoms with Gasteiger partial charge in [0.2, 0.25) is 0 Å². The van der Waals surface area contributed by atoms with Gasteiger partial charge in [0.1, 0.15) is 0 Å². The molecule has 1 unspecified atom stereocenters. The zero-order chi connectivity index (χ0) is 19.8. The maximum absolute atomic E-state index is 12.7. The quantitative estimate of drug-likeness (QED) is 0.498. The molecule has 148 valence electrons. The molecule has 0 aliphatic carbocycles. The van der Waals surface area contributed by atoms with Gasteiger partial charge in [0.05, 0.1) is 35.8 Å². The third kappa shape index (κ3) is 3.31. The Balaban J connectivity index is 1.43. The number of aromatic nitrogens is 4. The summed E-state index contributed by atoms with van der Waals surface area (Å²) in [6.45, 7) is 4.97. The number of ether oxygens (including phenoxy) is 1. The maximum Gasteiger partial charge on any atom is 0.287 e. The number of hydrogen-bond acceptors (Lipinski definition) is 5. The maximum atomic E-state index is 12.7. The molecule has 0 spiro atoms. The Bertz CT molecular complexity index is 1160. The van der Waals surface area contributed by atoms with Crippen LogP contribution in [0.25, 0.3) is 21.9 Å². The molecule has 3 heterocycles. The summed E-state index contributed by atoms with van der Waals surface area (Å²) >= 11 is 0. The predicted octanol–water partition coefficient (Wildman–Crippen LogP) is 2.77. The minimum atomic E-state index is -0.229. The molecule has 0 bridgehead atoms. The van der Waals surface area contributed by atoms with E-state index in [2.05, 4.69) is 30.4 Å². The van der Waals surface area contributed by atoms with Crippen LogP contribution in [-0.2, 0) is 4.74 Å². The summed E-state index contributed by atoms with van der Waals surface area (Å²) in [4.78, 5) is 22.6. The highest BCUT2D eigenvalue weighted by atomic mass is 16.5. The number of benzene rings is 2. The van der Waals surface area contributed by atoms with Crippen molar-refractivity contribution in [3.63, 3.8) is 0 Å². The lowest BCUT2D eigenvalue weighted by atomic mass is 10.1. The smallest absolute Gasteiger partial charge is 0.287 e. The van der Waals surface area contributed by atoms with E-state index in [0.717, 1.165) is 46.4 Å². The van der Waals surface area contributed by atoms with Gasteiger partial charge in [-0.3, -0.25) is 9.89 Å². The number of fused-ring (bicyclic) bond motifs is 2. The van der Waals surface area contributed by atoms with Crippen molar-refractivity contribution in [3.8, 4) is 0 Å². The monoisotopic (exact) mass is 390 g/mol. The van der Waals surface area contributed by atoms with Crippen LogP contribution in [0.1, 0.15) is 29.1 Å². The molecule has 1 aliphatic heterocycles. The number of rotatable bonds is 4. The van der Waals surface area contributed by atoms with Crippen molar-refractivity contribution >= 4 is 33.7 Å². The van der Waals surface area contributed by atoms with Gasteiger partial charge in [-0.1, -0.05) is 30.3 Å². The summed E-state index contributed by atoms with van der Waals surface area (Å²) in [5, 5.41) is 11.6. The molecule has 0 saturated carbocycles. The lowest BCUT2D eigenvalue weighted by Gasteiger charge is -2.26. The van der Waals surface area contributed by atoms with Gasteiger partial charge in [-0.15, -0.1) is 0 Å². The lowest BCUT2D eigenvalue weighted by molar-refractivity contribution is 0.0930. The summed E-state index contributed by atoms with van der Waals surface area (Å²) in [6, 6.07) is 13.7. The molecule has 1 fully saturated rings. The fourth-order valence-corrected chi connectivity index (χ4v) is 3.72. The van der Waals surface area contributed by atoms with Crippen molar-refractivity contribution in [2.24, 2.45) is 0 Å². The van der Waals surface area contributed by atoms with Gasteiger partial charge < -0.3 is 19.9 Å². The molecule has 0 radical (unpaired) electrons. The Morgan fingerprint density at radius 3 is 2.76 bits per heavy atom. The number of aromatic amines is 2. The predicted molar refractivity (Wildman–Crippen MR) is 111 cm³/mol. The van der Waals surface area contributed by atoms with Gasteiger partial charge in [-0.05, 0) is 24.6 Å². The second-order valence-electron chi connectivity index (χ2n) is 7.25. The number of nitrogens with zero attached hydrogens (tertiary/aromatic N) is 3. The highest BCUT2D eigenvalue weighted by molar-refractivity contribution is 6.01. The van der Waals surface area contributed by atoms with Gasteiger partial charge in [-0.25, -0.2) is 4.98 Å². The average Bonchev–Trinajstić information content (AvgIpc) is 3.36. The number of imidazole rings is 1. The largest absolute Gasteiger partial charge is 0.378 e. The van der Waals surface area contributed by atoms with Crippen molar-refractivity contribution in [2.75, 3.05) is 31.2 Å². The first kappa shape index (κ1) is 17.7. The molecular formula is C21H22N6O2. The van der Waals surface area contributed by atoms with Gasteiger partial charge in [0, 0.05) is 18.5 Å². The number of nitrogens with one attached hydrogen (secondary N) is 3. The molecule has 2 aromatic carbocycles. The van der Waals surface area contributed by atoms with E-state index in [0.29, 0.717) is 19.0 Å². The summed E-state index contributed by atoms with van der Waals surface area (Å²) < 4.78 is 5.43. The van der Waals surface area contributed by atoms with Crippen molar-refractivity contribution in [1.82, 2.24) is 25.5 Å². The minimum Gasteiger partial charge on any atom is -0.378 e. The van der Waals surface area contributed by atoms with E-state index in [1.54, 1.807) is 0 Å². The molecule has 29 heavy (non-hydrogen) atoms. The second-order valence-corrected chi connectivity index (χ2v) is 7.25. The zero-order valence-corrected chi connectivity index (χ0v) is 16.1. The van der Waals surface area contributed by atoms with Gasteiger partial charge in [-0.2, -0.15) is 5.10 Å². The minimum absolute atomic E-state index is 0.108. The number of carbonyl (C=O) groups excluding carboxylic acids is 1. The molecular weight excluding hydrogens is 368 g/mol. The van der Waals surface area contributed by atoms with Crippen molar-refractivity contribution < 1.29 is 9.53 Å². The summed E-state index contributed by atoms with van der Waals surface area (Å²) in [5.41, 5.74) is 3.50. The second kappa shape index (κ2) is 7.21. The van der Waals surface area contributed by atoms with Crippen LogP contribution in [0.5, 0.6) is 0 Å². The Kier molecular flexibility index (Phi) is 4.40. The topological polar surface area (TPSA) is 98.9 Å². The van der Waals surface area contributed by atoms with Crippen LogP contribution in [-0.4, -0.2) is 52.4 Å². The molecule has 1 saturated heterocycles. The van der Waals surface area contributed by atoms with E-state index in [4.69, 9.17) is 4.74 Å². The van der Waals surface area contributed by atoms with Crippen LogP contribution in [0.2, 0.25) is 0 Å². The first-order valence-electron chi connectivity index (χ1n) is 9.75. The molecule has 4 aromatic rings. The molecule has 3 N–H and O–H groups in total. The number of carbonyl (C=O) groups is 1. The van der Waals surface area contributed by atoms with Crippen LogP contribution in [0.3, 0.4) is 0 Å². The van der Waals surface area contributed by atoms with Crippen molar-refractivity contribution in [2.45, 2.75) is 13.0 Å². The lowest BCUT2D eigenvalue weighted by Crippen LogP contribution is -2.36. The Hall–Kier alpha value is -3.39.